The molecule has 0 heterocycles. The lowest BCUT2D eigenvalue weighted by Gasteiger charge is -2.01. The first-order valence-corrected chi connectivity index (χ1v) is 5.80. The molecular formula is C14H17NO3. The number of rotatable bonds is 5. The average Bonchev–Trinajstić information content (AvgIpc) is 2.36. The maximum Gasteiger partial charge on any atom is 0.325 e. The van der Waals surface area contributed by atoms with E-state index in [2.05, 4.69) is 5.32 Å². The Bertz CT molecular complexity index is 435. The van der Waals surface area contributed by atoms with Crippen molar-refractivity contribution in [2.45, 2.75) is 13.8 Å². The van der Waals surface area contributed by atoms with Gasteiger partial charge >= 0.3 is 5.97 Å². The van der Waals surface area contributed by atoms with Gasteiger partial charge in [0.1, 0.15) is 6.54 Å². The molecule has 0 aliphatic carbocycles. The van der Waals surface area contributed by atoms with Crippen molar-refractivity contribution in [1.82, 2.24) is 5.32 Å². The Balaban J connectivity index is 2.40. The van der Waals surface area contributed by atoms with Crippen LogP contribution >= 0.6 is 0 Å². The zero-order valence-corrected chi connectivity index (χ0v) is 10.6. The highest BCUT2D eigenvalue weighted by molar-refractivity contribution is 5.93. The fraction of sp³-hybridized carbons (Fsp3) is 0.286. The summed E-state index contributed by atoms with van der Waals surface area (Å²) in [6.07, 6.45) is 3.09. The van der Waals surface area contributed by atoms with Crippen LogP contribution in [0, 0.1) is 6.92 Å². The van der Waals surface area contributed by atoms with Crippen molar-refractivity contribution in [3.8, 4) is 0 Å². The first-order chi connectivity index (χ1) is 8.61. The third kappa shape index (κ3) is 5.30. The molecule has 0 saturated carbocycles. The van der Waals surface area contributed by atoms with Crippen LogP contribution in [-0.2, 0) is 14.3 Å². The second kappa shape index (κ2) is 7.27. The minimum Gasteiger partial charge on any atom is -0.465 e. The van der Waals surface area contributed by atoms with E-state index in [4.69, 9.17) is 4.74 Å². The largest absolute Gasteiger partial charge is 0.465 e. The van der Waals surface area contributed by atoms with Crippen molar-refractivity contribution in [2.24, 2.45) is 0 Å². The average molecular weight is 247 g/mol. The van der Waals surface area contributed by atoms with Crippen molar-refractivity contribution in [3.63, 3.8) is 0 Å². The number of benzene rings is 1. The second-order valence-corrected chi connectivity index (χ2v) is 3.77. The molecule has 0 bridgehead atoms. The van der Waals surface area contributed by atoms with Gasteiger partial charge in [-0.2, -0.15) is 0 Å². The van der Waals surface area contributed by atoms with Crippen LogP contribution in [0.5, 0.6) is 0 Å². The monoisotopic (exact) mass is 247 g/mol. The molecule has 96 valence electrons. The normalized spacial score (nSPS) is 10.3. The predicted molar refractivity (Wildman–Crippen MR) is 69.9 cm³/mol. The fourth-order valence-electron chi connectivity index (χ4n) is 1.28. The maximum atomic E-state index is 11.4. The molecule has 0 atom stereocenters. The zero-order chi connectivity index (χ0) is 13.4. The molecule has 0 aliphatic heterocycles. The van der Waals surface area contributed by atoms with Gasteiger partial charge in [0, 0.05) is 6.08 Å². The standard InChI is InChI=1S/C14H17NO3/c1-3-18-14(17)10-15-13(16)9-8-12-6-4-11(2)5-7-12/h4-9H,3,10H2,1-2H3,(H,15,16)/b9-8+. The van der Waals surface area contributed by atoms with E-state index in [0.29, 0.717) is 6.61 Å². The van der Waals surface area contributed by atoms with Crippen LogP contribution in [0.15, 0.2) is 30.3 Å². The molecule has 18 heavy (non-hydrogen) atoms. The molecule has 1 rings (SSSR count). The highest BCUT2D eigenvalue weighted by Crippen LogP contribution is 2.04. The summed E-state index contributed by atoms with van der Waals surface area (Å²) >= 11 is 0. The van der Waals surface area contributed by atoms with Crippen LogP contribution in [0.4, 0.5) is 0 Å². The lowest BCUT2D eigenvalue weighted by atomic mass is 10.1. The second-order valence-electron chi connectivity index (χ2n) is 3.77. The summed E-state index contributed by atoms with van der Waals surface area (Å²) in [5.74, 6) is -0.752. The first kappa shape index (κ1) is 14.0. The molecule has 0 saturated heterocycles. The molecule has 1 aromatic carbocycles. The molecule has 4 heteroatoms. The van der Waals surface area contributed by atoms with Gasteiger partial charge in [0.15, 0.2) is 0 Å². The fourth-order valence-corrected chi connectivity index (χ4v) is 1.28. The molecule has 1 amide bonds. The highest BCUT2D eigenvalue weighted by atomic mass is 16.5. The summed E-state index contributed by atoms with van der Waals surface area (Å²) in [7, 11) is 0. The third-order valence-corrected chi connectivity index (χ3v) is 2.22. The van der Waals surface area contributed by atoms with E-state index in [1.165, 1.54) is 11.6 Å². The molecule has 0 spiro atoms. The van der Waals surface area contributed by atoms with Crippen LogP contribution in [0.3, 0.4) is 0 Å². The number of amides is 1. The van der Waals surface area contributed by atoms with Crippen LogP contribution in [0.2, 0.25) is 0 Å². The molecule has 4 nitrogen and oxygen atoms in total. The number of hydrogen-bond donors (Lipinski definition) is 1. The number of esters is 1. The molecule has 0 radical (unpaired) electrons. The molecule has 0 aromatic heterocycles. The van der Waals surface area contributed by atoms with Gasteiger partial charge in [-0.3, -0.25) is 9.59 Å². The SMILES string of the molecule is CCOC(=O)CNC(=O)/C=C/c1ccc(C)cc1. The maximum absolute atomic E-state index is 11.4. The molecule has 1 N–H and O–H groups in total. The van der Waals surface area contributed by atoms with Gasteiger partial charge in [-0.05, 0) is 25.5 Å². The predicted octanol–water partition coefficient (Wildman–Crippen LogP) is 1.69. The van der Waals surface area contributed by atoms with E-state index < -0.39 is 5.97 Å². The van der Waals surface area contributed by atoms with E-state index in [9.17, 15) is 9.59 Å². The summed E-state index contributed by atoms with van der Waals surface area (Å²) in [6, 6.07) is 7.78. The van der Waals surface area contributed by atoms with E-state index in [0.717, 1.165) is 5.56 Å². The smallest absolute Gasteiger partial charge is 0.325 e. The van der Waals surface area contributed by atoms with Gasteiger partial charge in [0.05, 0.1) is 6.61 Å². The molecule has 1 aromatic rings. The van der Waals surface area contributed by atoms with Crippen LogP contribution in [0.1, 0.15) is 18.1 Å². The van der Waals surface area contributed by atoms with Gasteiger partial charge in [0.25, 0.3) is 0 Å². The summed E-state index contributed by atoms with van der Waals surface area (Å²) in [5.41, 5.74) is 2.10. The Morgan fingerprint density at radius 1 is 1.28 bits per heavy atom. The highest BCUT2D eigenvalue weighted by Gasteiger charge is 2.02. The number of aryl methyl sites for hydroxylation is 1. The Morgan fingerprint density at radius 2 is 1.94 bits per heavy atom. The minimum absolute atomic E-state index is 0.106. The molecule has 0 unspecified atom stereocenters. The molecule has 0 aliphatic rings. The lowest BCUT2D eigenvalue weighted by molar-refractivity contribution is -0.143. The zero-order valence-electron chi connectivity index (χ0n) is 10.6. The van der Waals surface area contributed by atoms with Gasteiger partial charge < -0.3 is 10.1 Å². The Morgan fingerprint density at radius 3 is 2.56 bits per heavy atom. The van der Waals surface area contributed by atoms with Gasteiger partial charge in [-0.15, -0.1) is 0 Å². The van der Waals surface area contributed by atoms with Crippen LogP contribution in [0.25, 0.3) is 6.08 Å². The number of carbonyl (C=O) groups is 2. The number of ether oxygens (including phenoxy) is 1. The molecular weight excluding hydrogens is 230 g/mol. The summed E-state index contributed by atoms with van der Waals surface area (Å²) in [5, 5.41) is 2.45. The van der Waals surface area contributed by atoms with Crippen molar-refractivity contribution < 1.29 is 14.3 Å². The van der Waals surface area contributed by atoms with Crippen molar-refractivity contribution >= 4 is 18.0 Å². The van der Waals surface area contributed by atoms with Gasteiger partial charge in [-0.25, -0.2) is 0 Å². The number of hydrogen-bond acceptors (Lipinski definition) is 3. The Labute approximate surface area is 107 Å². The third-order valence-electron chi connectivity index (χ3n) is 2.22. The topological polar surface area (TPSA) is 55.4 Å². The summed E-state index contributed by atoms with van der Waals surface area (Å²) in [4.78, 5) is 22.4. The quantitative estimate of drug-likeness (QED) is 0.636. The van der Waals surface area contributed by atoms with Gasteiger partial charge in [0.2, 0.25) is 5.91 Å². The van der Waals surface area contributed by atoms with Crippen molar-refractivity contribution in [1.29, 1.82) is 0 Å². The van der Waals surface area contributed by atoms with E-state index in [-0.39, 0.29) is 12.5 Å². The van der Waals surface area contributed by atoms with Crippen molar-refractivity contribution in [2.75, 3.05) is 13.2 Å². The Hall–Kier alpha value is -2.10. The van der Waals surface area contributed by atoms with E-state index >= 15 is 0 Å². The Kier molecular flexibility index (Phi) is 5.64. The van der Waals surface area contributed by atoms with E-state index in [1.807, 2.05) is 31.2 Å². The molecule has 0 fully saturated rings. The van der Waals surface area contributed by atoms with Gasteiger partial charge in [-0.1, -0.05) is 29.8 Å². The minimum atomic E-state index is -0.436. The number of carbonyl (C=O) groups excluding carboxylic acids is 2. The van der Waals surface area contributed by atoms with Crippen LogP contribution in [-0.4, -0.2) is 25.0 Å². The van der Waals surface area contributed by atoms with Crippen LogP contribution < -0.4 is 5.32 Å². The van der Waals surface area contributed by atoms with Crippen molar-refractivity contribution in [3.05, 3.63) is 41.5 Å². The summed E-state index contributed by atoms with van der Waals surface area (Å²) in [6.45, 7) is 3.93. The first-order valence-electron chi connectivity index (χ1n) is 5.80. The summed E-state index contributed by atoms with van der Waals surface area (Å²) < 4.78 is 4.69. The van der Waals surface area contributed by atoms with E-state index in [1.54, 1.807) is 13.0 Å². The number of nitrogens with one attached hydrogen (secondary N) is 1. The lowest BCUT2D eigenvalue weighted by Crippen LogP contribution is -2.29.